The molecule has 1 saturated carbocycles. The average Bonchev–Trinajstić information content (AvgIpc) is 3.67. The number of ether oxygens (including phenoxy) is 1. The molecule has 0 radical (unpaired) electrons. The van der Waals surface area contributed by atoms with Crippen LogP contribution in [0.5, 0.6) is 5.75 Å². The molecule has 2 heterocycles. The van der Waals surface area contributed by atoms with Crippen LogP contribution in [-0.4, -0.2) is 66.1 Å². The number of pyridine rings is 1. The maximum Gasteiger partial charge on any atom is 0.253 e. The van der Waals surface area contributed by atoms with E-state index < -0.39 is 23.2 Å². The number of ketones is 1. The number of nitrogens with one attached hydrogen (secondary N) is 2. The monoisotopic (exact) mass is 498 g/mol. The first-order chi connectivity index (χ1) is 17.2. The largest absolute Gasteiger partial charge is 0.495 e. The van der Waals surface area contributed by atoms with Gasteiger partial charge in [0.2, 0.25) is 5.91 Å². The summed E-state index contributed by atoms with van der Waals surface area (Å²) in [6, 6.07) is 6.04. The minimum atomic E-state index is -1.29. The maximum atomic E-state index is 14.4. The van der Waals surface area contributed by atoms with Gasteiger partial charge in [0.1, 0.15) is 23.2 Å². The van der Waals surface area contributed by atoms with Gasteiger partial charge in [0, 0.05) is 25.8 Å². The summed E-state index contributed by atoms with van der Waals surface area (Å²) < 4.78 is 19.5. The molecule has 1 unspecified atom stereocenters. The van der Waals surface area contributed by atoms with Crippen molar-refractivity contribution in [3.8, 4) is 5.75 Å². The predicted molar refractivity (Wildman–Crippen MR) is 131 cm³/mol. The summed E-state index contributed by atoms with van der Waals surface area (Å²) in [4.78, 5) is 43.8. The Hall–Kier alpha value is -3.53. The zero-order valence-electron chi connectivity index (χ0n) is 20.4. The van der Waals surface area contributed by atoms with Crippen LogP contribution in [0, 0.1) is 11.7 Å². The standard InChI is InChI=1S/C26H31FN4O5/c1-16(32)23(33)22-20(27)4-3-5-21(22)31-10-6-17(7-11-31)13-29-25(35)26(8-9-26)30-24(34)18-12-19(36-2)15-28-14-18/h3-5,12,14-17,32H,6-11,13H2,1-2H3,(H,29,35)(H,30,34). The Bertz CT molecular complexity index is 1140. The number of hydrogen-bond acceptors (Lipinski definition) is 7. The summed E-state index contributed by atoms with van der Waals surface area (Å²) in [5, 5.41) is 15.5. The van der Waals surface area contributed by atoms with Crippen LogP contribution in [0.25, 0.3) is 0 Å². The van der Waals surface area contributed by atoms with E-state index in [0.717, 1.165) is 12.8 Å². The number of anilines is 1. The van der Waals surface area contributed by atoms with E-state index in [9.17, 15) is 23.9 Å². The van der Waals surface area contributed by atoms with E-state index in [1.165, 1.54) is 32.5 Å². The fraction of sp³-hybridized carbons (Fsp3) is 0.462. The Kier molecular flexibility index (Phi) is 7.53. The molecule has 1 aromatic heterocycles. The highest BCUT2D eigenvalue weighted by molar-refractivity contribution is 6.04. The van der Waals surface area contributed by atoms with Crippen LogP contribution in [0.3, 0.4) is 0 Å². The van der Waals surface area contributed by atoms with E-state index in [2.05, 4.69) is 15.6 Å². The van der Waals surface area contributed by atoms with Gasteiger partial charge < -0.3 is 25.4 Å². The second-order valence-corrected chi connectivity index (χ2v) is 9.46. The number of halogens is 1. The molecule has 2 aliphatic rings. The van der Waals surface area contributed by atoms with Gasteiger partial charge in [0.15, 0.2) is 5.78 Å². The number of aliphatic hydroxyl groups is 1. The summed E-state index contributed by atoms with van der Waals surface area (Å²) in [6.07, 6.45) is 4.27. The van der Waals surface area contributed by atoms with Crippen molar-refractivity contribution in [1.82, 2.24) is 15.6 Å². The fourth-order valence-corrected chi connectivity index (χ4v) is 4.49. The minimum Gasteiger partial charge on any atom is -0.495 e. The quantitative estimate of drug-likeness (QED) is 0.453. The number of nitrogens with zero attached hydrogens (tertiary/aromatic N) is 2. The molecule has 1 aliphatic heterocycles. The van der Waals surface area contributed by atoms with E-state index in [1.807, 2.05) is 4.90 Å². The van der Waals surface area contributed by atoms with Crippen molar-refractivity contribution >= 4 is 23.3 Å². The number of piperidine rings is 1. The van der Waals surface area contributed by atoms with Crippen LogP contribution in [0.4, 0.5) is 10.1 Å². The number of Topliss-reactive ketones (excluding diaryl/α,β-unsaturated/α-hetero) is 1. The predicted octanol–water partition coefficient (Wildman–Crippen LogP) is 2.09. The van der Waals surface area contributed by atoms with Gasteiger partial charge in [-0.15, -0.1) is 0 Å². The van der Waals surface area contributed by atoms with Gasteiger partial charge in [-0.05, 0) is 56.7 Å². The van der Waals surface area contributed by atoms with Gasteiger partial charge in [-0.25, -0.2) is 4.39 Å². The molecule has 10 heteroatoms. The second kappa shape index (κ2) is 10.6. The van der Waals surface area contributed by atoms with Gasteiger partial charge in [0.25, 0.3) is 5.91 Å². The molecule has 2 amide bonds. The number of methoxy groups -OCH3 is 1. The van der Waals surface area contributed by atoms with Gasteiger partial charge in [-0.2, -0.15) is 0 Å². The molecule has 0 bridgehead atoms. The lowest BCUT2D eigenvalue weighted by Gasteiger charge is -2.35. The number of amides is 2. The Morgan fingerprint density at radius 2 is 1.97 bits per heavy atom. The first-order valence-electron chi connectivity index (χ1n) is 12.1. The van der Waals surface area contributed by atoms with Crippen LogP contribution in [-0.2, 0) is 4.79 Å². The smallest absolute Gasteiger partial charge is 0.253 e. The van der Waals surface area contributed by atoms with Gasteiger partial charge >= 0.3 is 0 Å². The zero-order chi connectivity index (χ0) is 25.9. The van der Waals surface area contributed by atoms with Crippen molar-refractivity contribution in [2.75, 3.05) is 31.6 Å². The number of carbonyl (C=O) groups is 3. The van der Waals surface area contributed by atoms with E-state index in [1.54, 1.807) is 18.2 Å². The van der Waals surface area contributed by atoms with Crippen molar-refractivity contribution < 1.29 is 28.6 Å². The average molecular weight is 499 g/mol. The Labute approximate surface area is 209 Å². The third kappa shape index (κ3) is 5.48. The SMILES string of the molecule is COc1cncc(C(=O)NC2(C(=O)NCC3CCN(c4cccc(F)c4C(=O)C(C)O)CC3)CC2)c1. The highest BCUT2D eigenvalue weighted by Crippen LogP contribution is 2.36. The molecule has 1 atom stereocenters. The number of carbonyl (C=O) groups excluding carboxylic acids is 3. The van der Waals surface area contributed by atoms with Crippen molar-refractivity contribution in [3.05, 3.63) is 53.6 Å². The lowest BCUT2D eigenvalue weighted by molar-refractivity contribution is -0.124. The first-order valence-corrected chi connectivity index (χ1v) is 12.1. The van der Waals surface area contributed by atoms with Gasteiger partial charge in [0.05, 0.1) is 30.1 Å². The van der Waals surface area contributed by atoms with Crippen LogP contribution < -0.4 is 20.3 Å². The molecule has 0 spiro atoms. The first kappa shape index (κ1) is 25.6. The van der Waals surface area contributed by atoms with Crippen LogP contribution in [0.15, 0.2) is 36.7 Å². The highest BCUT2D eigenvalue weighted by Gasteiger charge is 2.51. The molecule has 9 nitrogen and oxygen atoms in total. The van der Waals surface area contributed by atoms with E-state index >= 15 is 0 Å². The number of benzene rings is 1. The van der Waals surface area contributed by atoms with E-state index in [-0.39, 0.29) is 23.3 Å². The Balaban J connectivity index is 1.30. The lowest BCUT2D eigenvalue weighted by atomic mass is 9.94. The molecule has 192 valence electrons. The van der Waals surface area contributed by atoms with Crippen LogP contribution >= 0.6 is 0 Å². The van der Waals surface area contributed by atoms with Crippen LogP contribution in [0.2, 0.25) is 0 Å². The summed E-state index contributed by atoms with van der Waals surface area (Å²) in [5.41, 5.74) is -0.183. The molecule has 1 aliphatic carbocycles. The van der Waals surface area contributed by atoms with Crippen molar-refractivity contribution in [2.45, 2.75) is 44.2 Å². The third-order valence-corrected chi connectivity index (χ3v) is 6.87. The summed E-state index contributed by atoms with van der Waals surface area (Å²) in [5.74, 6) is -1.19. The van der Waals surface area contributed by atoms with Crippen molar-refractivity contribution in [1.29, 1.82) is 0 Å². The second-order valence-electron chi connectivity index (χ2n) is 9.46. The van der Waals surface area contributed by atoms with Crippen LogP contribution in [0.1, 0.15) is 53.3 Å². The molecule has 2 fully saturated rings. The summed E-state index contributed by atoms with van der Waals surface area (Å²) >= 11 is 0. The van der Waals surface area contributed by atoms with Crippen molar-refractivity contribution in [3.63, 3.8) is 0 Å². The van der Waals surface area contributed by atoms with Gasteiger partial charge in [-0.3, -0.25) is 19.4 Å². The molecule has 1 saturated heterocycles. The maximum absolute atomic E-state index is 14.4. The molecule has 36 heavy (non-hydrogen) atoms. The fourth-order valence-electron chi connectivity index (χ4n) is 4.49. The molecular weight excluding hydrogens is 467 g/mol. The summed E-state index contributed by atoms with van der Waals surface area (Å²) in [6.45, 7) is 2.98. The number of hydrogen-bond donors (Lipinski definition) is 3. The Morgan fingerprint density at radius 1 is 1.25 bits per heavy atom. The zero-order valence-corrected chi connectivity index (χ0v) is 20.4. The normalized spacial score (nSPS) is 17.7. The third-order valence-electron chi connectivity index (χ3n) is 6.87. The number of rotatable bonds is 9. The molecular formula is C26H31FN4O5. The van der Waals surface area contributed by atoms with Gasteiger partial charge in [-0.1, -0.05) is 6.07 Å². The number of aliphatic hydroxyl groups excluding tert-OH is 1. The van der Waals surface area contributed by atoms with Crippen molar-refractivity contribution in [2.24, 2.45) is 5.92 Å². The molecule has 1 aromatic carbocycles. The molecule has 4 rings (SSSR count). The minimum absolute atomic E-state index is 0.0862. The Morgan fingerprint density at radius 3 is 2.61 bits per heavy atom. The van der Waals surface area contributed by atoms with E-state index in [4.69, 9.17) is 4.74 Å². The highest BCUT2D eigenvalue weighted by atomic mass is 19.1. The van der Waals surface area contributed by atoms with E-state index in [0.29, 0.717) is 49.5 Å². The summed E-state index contributed by atoms with van der Waals surface area (Å²) in [7, 11) is 1.49. The topological polar surface area (TPSA) is 121 Å². The molecule has 3 N–H and O–H groups in total. The number of aromatic nitrogens is 1. The molecule has 2 aromatic rings. The lowest BCUT2D eigenvalue weighted by Crippen LogP contribution is -2.50.